The van der Waals surface area contributed by atoms with Crippen molar-refractivity contribution < 1.29 is 9.18 Å². The van der Waals surface area contributed by atoms with Crippen LogP contribution in [0.25, 0.3) is 15.7 Å². The zero-order chi connectivity index (χ0) is 19.4. The molecule has 7 nitrogen and oxygen atoms in total. The SMILES string of the molecule is CN1CCC[C@@H](NC(=O)Cn2nc(C3CC3)n3c(cc4sc(F)cc43)c2=O)C1. The molecule has 0 aromatic carbocycles. The molecule has 1 N–H and O–H groups in total. The van der Waals surface area contributed by atoms with Crippen molar-refractivity contribution >= 4 is 33.0 Å². The number of hydrogen-bond acceptors (Lipinski definition) is 5. The van der Waals surface area contributed by atoms with E-state index in [0.29, 0.717) is 11.0 Å². The van der Waals surface area contributed by atoms with Crippen LogP contribution in [0.1, 0.15) is 37.4 Å². The molecule has 1 saturated heterocycles. The number of fused-ring (bicyclic) bond motifs is 3. The lowest BCUT2D eigenvalue weighted by Gasteiger charge is -2.30. The number of amides is 1. The fourth-order valence-corrected chi connectivity index (χ4v) is 4.92. The molecule has 2 aliphatic rings. The van der Waals surface area contributed by atoms with Crippen molar-refractivity contribution in [3.63, 3.8) is 0 Å². The van der Waals surface area contributed by atoms with Crippen LogP contribution in [-0.4, -0.2) is 51.2 Å². The second kappa shape index (κ2) is 6.66. The molecule has 1 aliphatic carbocycles. The Labute approximate surface area is 164 Å². The van der Waals surface area contributed by atoms with Crippen LogP contribution in [0.4, 0.5) is 4.39 Å². The van der Waals surface area contributed by atoms with Crippen LogP contribution < -0.4 is 10.9 Å². The highest BCUT2D eigenvalue weighted by Gasteiger charge is 2.31. The van der Waals surface area contributed by atoms with E-state index in [1.165, 1.54) is 10.7 Å². The Kier molecular flexibility index (Phi) is 4.24. The zero-order valence-electron chi connectivity index (χ0n) is 15.7. The van der Waals surface area contributed by atoms with Gasteiger partial charge in [0.05, 0.1) is 10.2 Å². The number of nitrogens with zero attached hydrogens (tertiary/aromatic N) is 4. The summed E-state index contributed by atoms with van der Waals surface area (Å²) in [6.07, 6.45) is 3.99. The van der Waals surface area contributed by atoms with Crippen LogP contribution in [0.2, 0.25) is 0 Å². The van der Waals surface area contributed by atoms with Gasteiger partial charge in [0.1, 0.15) is 17.9 Å². The normalized spacial score (nSPS) is 20.9. The molecular formula is C19H22FN5O2S. The van der Waals surface area contributed by atoms with E-state index in [0.717, 1.165) is 60.6 Å². The Morgan fingerprint density at radius 1 is 1.32 bits per heavy atom. The first-order chi connectivity index (χ1) is 13.5. The number of carbonyl (C=O) groups excluding carboxylic acids is 1. The van der Waals surface area contributed by atoms with Gasteiger partial charge < -0.3 is 10.2 Å². The third-order valence-electron chi connectivity index (χ3n) is 5.59. The molecule has 4 heterocycles. The van der Waals surface area contributed by atoms with Gasteiger partial charge in [-0.15, -0.1) is 11.3 Å². The molecule has 1 atom stereocenters. The quantitative estimate of drug-likeness (QED) is 0.723. The average molecular weight is 403 g/mol. The van der Waals surface area contributed by atoms with E-state index < -0.39 is 0 Å². The molecule has 1 amide bonds. The van der Waals surface area contributed by atoms with Crippen molar-refractivity contribution in [1.29, 1.82) is 0 Å². The second-order valence-corrected chi connectivity index (χ2v) is 8.96. The van der Waals surface area contributed by atoms with Gasteiger partial charge >= 0.3 is 0 Å². The minimum absolute atomic E-state index is 0.0948. The topological polar surface area (TPSA) is 71.6 Å². The monoisotopic (exact) mass is 403 g/mol. The maximum Gasteiger partial charge on any atom is 0.291 e. The number of likely N-dealkylation sites (N-methyl/N-ethyl adjacent to an activating group) is 1. The number of halogens is 1. The predicted octanol–water partition coefficient (Wildman–Crippen LogP) is 1.94. The Bertz CT molecular complexity index is 1130. The highest BCUT2D eigenvalue weighted by atomic mass is 32.1. The number of carbonyl (C=O) groups is 1. The zero-order valence-corrected chi connectivity index (χ0v) is 16.5. The number of aromatic nitrogens is 3. The predicted molar refractivity (Wildman–Crippen MR) is 105 cm³/mol. The summed E-state index contributed by atoms with van der Waals surface area (Å²) in [7, 11) is 2.04. The molecule has 5 rings (SSSR count). The fraction of sp³-hybridized carbons (Fsp3) is 0.526. The Morgan fingerprint density at radius 2 is 2.14 bits per heavy atom. The standard InChI is InChI=1S/C19H22FN5O2S/c1-23-6-2-3-12(9-23)21-17(26)10-24-19(27)14-7-15-13(8-16(20)28-15)25(14)18(22-24)11-4-5-11/h7-8,11-12H,2-6,9-10H2,1H3,(H,21,26)/t12-/m1/s1. The number of hydrogen-bond donors (Lipinski definition) is 1. The van der Waals surface area contributed by atoms with Crippen molar-refractivity contribution in [3.8, 4) is 0 Å². The molecule has 0 bridgehead atoms. The van der Waals surface area contributed by atoms with Crippen LogP contribution in [0.3, 0.4) is 0 Å². The molecule has 1 saturated carbocycles. The maximum absolute atomic E-state index is 13.7. The van der Waals surface area contributed by atoms with E-state index in [1.807, 2.05) is 7.05 Å². The smallest absolute Gasteiger partial charge is 0.291 e. The van der Waals surface area contributed by atoms with Crippen LogP contribution in [0, 0.1) is 5.13 Å². The number of likely N-dealkylation sites (tertiary alicyclic amines) is 1. The molecule has 2 fully saturated rings. The van der Waals surface area contributed by atoms with E-state index in [-0.39, 0.29) is 35.1 Å². The molecule has 0 radical (unpaired) electrons. The van der Waals surface area contributed by atoms with Crippen LogP contribution in [0.5, 0.6) is 0 Å². The first-order valence-corrected chi connectivity index (χ1v) is 10.5. The number of rotatable bonds is 4. The summed E-state index contributed by atoms with van der Waals surface area (Å²) in [5.41, 5.74) is 0.832. The Morgan fingerprint density at radius 3 is 2.89 bits per heavy atom. The third kappa shape index (κ3) is 3.12. The minimum atomic E-state index is -0.316. The lowest BCUT2D eigenvalue weighted by molar-refractivity contribution is -0.123. The maximum atomic E-state index is 13.7. The van der Waals surface area contributed by atoms with Crippen LogP contribution in [-0.2, 0) is 11.3 Å². The number of nitrogens with one attached hydrogen (secondary N) is 1. The van der Waals surface area contributed by atoms with E-state index in [1.54, 1.807) is 10.5 Å². The van der Waals surface area contributed by atoms with Gasteiger partial charge in [0, 0.05) is 24.6 Å². The van der Waals surface area contributed by atoms with Crippen molar-refractivity contribution in [2.45, 2.75) is 44.2 Å². The van der Waals surface area contributed by atoms with Crippen molar-refractivity contribution in [2.75, 3.05) is 20.1 Å². The molecular weight excluding hydrogens is 381 g/mol. The second-order valence-electron chi connectivity index (χ2n) is 7.93. The first-order valence-electron chi connectivity index (χ1n) is 9.69. The van der Waals surface area contributed by atoms with Gasteiger partial charge in [-0.3, -0.25) is 14.0 Å². The summed E-state index contributed by atoms with van der Waals surface area (Å²) in [6, 6.07) is 3.27. The fourth-order valence-electron chi connectivity index (χ4n) is 4.12. The van der Waals surface area contributed by atoms with Crippen LogP contribution in [0.15, 0.2) is 16.9 Å². The van der Waals surface area contributed by atoms with Crippen molar-refractivity contribution in [2.24, 2.45) is 0 Å². The molecule has 3 aromatic heterocycles. The molecule has 28 heavy (non-hydrogen) atoms. The largest absolute Gasteiger partial charge is 0.350 e. The molecule has 148 valence electrons. The van der Waals surface area contributed by atoms with E-state index in [4.69, 9.17) is 0 Å². The van der Waals surface area contributed by atoms with Gasteiger partial charge in [-0.25, -0.2) is 4.68 Å². The molecule has 9 heteroatoms. The summed E-state index contributed by atoms with van der Waals surface area (Å²) in [6.45, 7) is 1.77. The van der Waals surface area contributed by atoms with E-state index in [9.17, 15) is 14.0 Å². The third-order valence-corrected chi connectivity index (χ3v) is 6.45. The molecule has 1 aliphatic heterocycles. The van der Waals surface area contributed by atoms with Crippen molar-refractivity contribution in [1.82, 2.24) is 24.4 Å². The summed E-state index contributed by atoms with van der Waals surface area (Å²) < 4.78 is 17.5. The van der Waals surface area contributed by atoms with E-state index in [2.05, 4.69) is 15.3 Å². The number of thiophene rings is 1. The summed E-state index contributed by atoms with van der Waals surface area (Å²) in [5.74, 6) is 0.802. The first kappa shape index (κ1) is 17.8. The van der Waals surface area contributed by atoms with Gasteiger partial charge in [-0.05, 0) is 45.3 Å². The Hall–Kier alpha value is -2.26. The van der Waals surface area contributed by atoms with Gasteiger partial charge in [-0.2, -0.15) is 9.49 Å². The van der Waals surface area contributed by atoms with Crippen molar-refractivity contribution in [3.05, 3.63) is 33.4 Å². The lowest BCUT2D eigenvalue weighted by atomic mass is 10.1. The van der Waals surface area contributed by atoms with E-state index >= 15 is 0 Å². The number of piperidine rings is 1. The summed E-state index contributed by atoms with van der Waals surface area (Å²) >= 11 is 1.02. The van der Waals surface area contributed by atoms with Gasteiger partial charge in [0.25, 0.3) is 5.56 Å². The minimum Gasteiger partial charge on any atom is -0.350 e. The Balaban J connectivity index is 1.48. The van der Waals surface area contributed by atoms with Gasteiger partial charge in [0.15, 0.2) is 5.13 Å². The lowest BCUT2D eigenvalue weighted by Crippen LogP contribution is -2.48. The highest BCUT2D eigenvalue weighted by molar-refractivity contribution is 7.17. The summed E-state index contributed by atoms with van der Waals surface area (Å²) in [5, 5.41) is 7.28. The average Bonchev–Trinajstić information content (AvgIpc) is 3.33. The molecule has 3 aromatic rings. The van der Waals surface area contributed by atoms with Gasteiger partial charge in [0.2, 0.25) is 5.91 Å². The molecule has 0 unspecified atom stereocenters. The highest BCUT2D eigenvalue weighted by Crippen LogP contribution is 2.40. The summed E-state index contributed by atoms with van der Waals surface area (Å²) in [4.78, 5) is 27.7. The van der Waals surface area contributed by atoms with Crippen LogP contribution >= 0.6 is 11.3 Å². The van der Waals surface area contributed by atoms with Gasteiger partial charge in [-0.1, -0.05) is 0 Å². The molecule has 0 spiro atoms.